The molecular formula is C14H22N2+2. The van der Waals surface area contributed by atoms with Gasteiger partial charge in [-0.3, -0.25) is 0 Å². The minimum absolute atomic E-state index is 0.757. The first-order valence-electron chi connectivity index (χ1n) is 6.61. The quantitative estimate of drug-likeness (QED) is 0.651. The molecule has 16 heavy (non-hydrogen) atoms. The van der Waals surface area contributed by atoms with Crippen LogP contribution in [-0.4, -0.2) is 19.6 Å². The molecule has 0 bridgehead atoms. The summed E-state index contributed by atoms with van der Waals surface area (Å²) in [6, 6.07) is 7.57. The van der Waals surface area contributed by atoms with Crippen LogP contribution in [0.5, 0.6) is 0 Å². The van der Waals surface area contributed by atoms with Crippen molar-refractivity contribution in [2.45, 2.75) is 32.4 Å². The van der Waals surface area contributed by atoms with Crippen molar-refractivity contribution in [3.05, 3.63) is 34.9 Å². The Hall–Kier alpha value is -0.860. The molecule has 0 unspecified atom stereocenters. The lowest BCUT2D eigenvalue weighted by atomic mass is 9.91. The Bertz CT molecular complexity index is 380. The molecule has 2 heterocycles. The van der Waals surface area contributed by atoms with Gasteiger partial charge in [0.1, 0.15) is 13.1 Å². The maximum absolute atomic E-state index is 2.48. The zero-order valence-electron chi connectivity index (χ0n) is 10.1. The van der Waals surface area contributed by atoms with Crippen LogP contribution < -0.4 is 10.2 Å². The molecule has 0 saturated carbocycles. The van der Waals surface area contributed by atoms with Gasteiger partial charge in [0.15, 0.2) is 6.04 Å². The molecule has 3 rings (SSSR count). The highest BCUT2D eigenvalue weighted by molar-refractivity contribution is 5.36. The molecule has 0 radical (unpaired) electrons. The van der Waals surface area contributed by atoms with Gasteiger partial charge in [0.25, 0.3) is 0 Å². The third-order valence-electron chi connectivity index (χ3n) is 4.27. The average molecular weight is 218 g/mol. The van der Waals surface area contributed by atoms with Gasteiger partial charge in [-0.15, -0.1) is 0 Å². The van der Waals surface area contributed by atoms with Gasteiger partial charge in [-0.2, -0.15) is 0 Å². The van der Waals surface area contributed by atoms with E-state index in [2.05, 4.69) is 30.4 Å². The summed E-state index contributed by atoms with van der Waals surface area (Å²) in [6.45, 7) is 7.51. The Labute approximate surface area is 97.6 Å². The Morgan fingerprint density at radius 1 is 1.25 bits per heavy atom. The number of hydrogen-bond donors (Lipinski definition) is 2. The molecule has 1 saturated heterocycles. The van der Waals surface area contributed by atoms with E-state index in [1.54, 1.807) is 11.1 Å². The molecule has 1 atom stereocenters. The molecule has 1 aromatic carbocycles. The normalized spacial score (nSPS) is 25.7. The monoisotopic (exact) mass is 218 g/mol. The van der Waals surface area contributed by atoms with Gasteiger partial charge in [-0.25, -0.2) is 0 Å². The van der Waals surface area contributed by atoms with Crippen molar-refractivity contribution in [1.29, 1.82) is 0 Å². The number of fused-ring (bicyclic) bond motifs is 1. The van der Waals surface area contributed by atoms with Crippen molar-refractivity contribution >= 4 is 0 Å². The minimum atomic E-state index is 0.757. The van der Waals surface area contributed by atoms with Crippen LogP contribution in [0.3, 0.4) is 0 Å². The molecular weight excluding hydrogens is 196 g/mol. The Balaban J connectivity index is 1.98. The lowest BCUT2D eigenvalue weighted by Gasteiger charge is -2.29. The maximum atomic E-state index is 2.48. The Morgan fingerprint density at radius 2 is 2.06 bits per heavy atom. The fourth-order valence-electron chi connectivity index (χ4n) is 3.49. The summed E-state index contributed by atoms with van der Waals surface area (Å²) in [5, 5.41) is 2.48. The molecule has 2 aliphatic heterocycles. The topological polar surface area (TPSA) is 21.1 Å². The number of likely N-dealkylation sites (tertiary alicyclic amines) is 1. The van der Waals surface area contributed by atoms with E-state index in [1.165, 1.54) is 44.6 Å². The van der Waals surface area contributed by atoms with Gasteiger partial charge in [-0.05, 0) is 12.5 Å². The SMILES string of the molecule is Cc1cccc2c1[C@H]([NH+]1CCCC1)C[NH2+]C2. The van der Waals surface area contributed by atoms with Gasteiger partial charge in [-0.1, -0.05) is 18.2 Å². The number of quaternary nitrogens is 2. The van der Waals surface area contributed by atoms with Crippen LogP contribution in [0.15, 0.2) is 18.2 Å². The fraction of sp³-hybridized carbons (Fsp3) is 0.571. The second-order valence-electron chi connectivity index (χ2n) is 5.29. The number of rotatable bonds is 1. The van der Waals surface area contributed by atoms with Crippen LogP contribution in [-0.2, 0) is 6.54 Å². The zero-order valence-corrected chi connectivity index (χ0v) is 10.1. The maximum Gasteiger partial charge on any atom is 0.163 e. The minimum Gasteiger partial charge on any atom is -0.337 e. The first kappa shape index (κ1) is 10.3. The lowest BCUT2D eigenvalue weighted by Crippen LogP contribution is -3.13. The number of benzene rings is 1. The van der Waals surface area contributed by atoms with E-state index < -0.39 is 0 Å². The van der Waals surface area contributed by atoms with Gasteiger partial charge < -0.3 is 10.2 Å². The van der Waals surface area contributed by atoms with Crippen molar-refractivity contribution < 1.29 is 10.2 Å². The molecule has 0 amide bonds. The predicted molar refractivity (Wildman–Crippen MR) is 64.3 cm³/mol. The van der Waals surface area contributed by atoms with E-state index in [0.717, 1.165) is 6.04 Å². The molecule has 2 nitrogen and oxygen atoms in total. The van der Waals surface area contributed by atoms with Crippen molar-refractivity contribution in [1.82, 2.24) is 0 Å². The molecule has 1 aromatic rings. The van der Waals surface area contributed by atoms with Crippen LogP contribution in [0.25, 0.3) is 0 Å². The second-order valence-corrected chi connectivity index (χ2v) is 5.29. The summed E-state index contributed by atoms with van der Waals surface area (Å²) < 4.78 is 0. The molecule has 3 N–H and O–H groups in total. The fourth-order valence-corrected chi connectivity index (χ4v) is 3.49. The molecule has 86 valence electrons. The van der Waals surface area contributed by atoms with Crippen molar-refractivity contribution in [3.63, 3.8) is 0 Å². The highest BCUT2D eigenvalue weighted by Crippen LogP contribution is 2.21. The Kier molecular flexibility index (Phi) is 2.70. The van der Waals surface area contributed by atoms with E-state index in [0.29, 0.717) is 0 Å². The molecule has 0 aliphatic carbocycles. The average Bonchev–Trinajstić information content (AvgIpc) is 2.82. The standard InChI is InChI=1S/C14H20N2/c1-11-5-4-6-12-9-15-10-13(14(11)12)16-7-2-3-8-16/h4-6,13,15H,2-3,7-10H2,1H3/p+2/t13-/m1/s1. The lowest BCUT2D eigenvalue weighted by molar-refractivity contribution is -0.937. The molecule has 0 aromatic heterocycles. The summed E-state index contributed by atoms with van der Waals surface area (Å²) in [6.07, 6.45) is 2.85. The van der Waals surface area contributed by atoms with E-state index in [1.807, 2.05) is 4.90 Å². The summed E-state index contributed by atoms with van der Waals surface area (Å²) in [7, 11) is 0. The third-order valence-corrected chi connectivity index (χ3v) is 4.27. The van der Waals surface area contributed by atoms with Gasteiger partial charge in [0.2, 0.25) is 0 Å². The number of aryl methyl sites for hydroxylation is 1. The highest BCUT2D eigenvalue weighted by atomic mass is 15.2. The first-order chi connectivity index (χ1) is 7.86. The van der Waals surface area contributed by atoms with Crippen LogP contribution in [0.2, 0.25) is 0 Å². The van der Waals surface area contributed by atoms with Crippen molar-refractivity contribution in [2.24, 2.45) is 0 Å². The molecule has 2 heteroatoms. The van der Waals surface area contributed by atoms with Gasteiger partial charge in [0.05, 0.1) is 13.1 Å². The smallest absolute Gasteiger partial charge is 0.163 e. The molecule has 0 spiro atoms. The molecule has 1 fully saturated rings. The van der Waals surface area contributed by atoms with E-state index in [-0.39, 0.29) is 0 Å². The van der Waals surface area contributed by atoms with Crippen LogP contribution in [0, 0.1) is 6.92 Å². The summed E-state index contributed by atoms with van der Waals surface area (Å²) >= 11 is 0. The van der Waals surface area contributed by atoms with Gasteiger partial charge in [0, 0.05) is 24.0 Å². The second kappa shape index (κ2) is 4.19. The van der Waals surface area contributed by atoms with Crippen LogP contribution in [0.1, 0.15) is 35.6 Å². The summed E-state index contributed by atoms with van der Waals surface area (Å²) in [5.74, 6) is 0. The zero-order chi connectivity index (χ0) is 11.0. The number of nitrogens with one attached hydrogen (secondary N) is 1. The number of nitrogens with two attached hydrogens (primary N) is 1. The van der Waals surface area contributed by atoms with Gasteiger partial charge >= 0.3 is 0 Å². The highest BCUT2D eigenvalue weighted by Gasteiger charge is 2.34. The van der Waals surface area contributed by atoms with E-state index >= 15 is 0 Å². The van der Waals surface area contributed by atoms with E-state index in [9.17, 15) is 0 Å². The van der Waals surface area contributed by atoms with Crippen molar-refractivity contribution in [2.75, 3.05) is 19.6 Å². The predicted octanol–water partition coefficient (Wildman–Crippen LogP) is -0.208. The van der Waals surface area contributed by atoms with E-state index in [4.69, 9.17) is 0 Å². The third kappa shape index (κ3) is 1.66. The summed E-state index contributed by atoms with van der Waals surface area (Å²) in [4.78, 5) is 1.83. The van der Waals surface area contributed by atoms with Crippen LogP contribution >= 0.6 is 0 Å². The first-order valence-corrected chi connectivity index (χ1v) is 6.61. The summed E-state index contributed by atoms with van der Waals surface area (Å²) in [5.41, 5.74) is 4.76. The molecule has 2 aliphatic rings. The Morgan fingerprint density at radius 3 is 2.88 bits per heavy atom. The van der Waals surface area contributed by atoms with Crippen molar-refractivity contribution in [3.8, 4) is 0 Å². The largest absolute Gasteiger partial charge is 0.337 e. The van der Waals surface area contributed by atoms with Crippen LogP contribution in [0.4, 0.5) is 0 Å². The number of hydrogen-bond acceptors (Lipinski definition) is 0.